The Hall–Kier alpha value is -3.40. The number of aliphatic hydroxyl groups is 1. The minimum atomic E-state index is -0.480. The van der Waals surface area contributed by atoms with Gasteiger partial charge in [-0.3, -0.25) is 9.59 Å². The van der Waals surface area contributed by atoms with Gasteiger partial charge in [0, 0.05) is 43.4 Å². The first-order valence-electron chi connectivity index (χ1n) is 10.3. The number of carbonyl (C=O) groups is 1. The van der Waals surface area contributed by atoms with E-state index in [-0.39, 0.29) is 36.0 Å². The van der Waals surface area contributed by atoms with E-state index >= 15 is 0 Å². The molecule has 0 saturated heterocycles. The van der Waals surface area contributed by atoms with Crippen molar-refractivity contribution >= 4 is 51.7 Å². The number of hydrogen-bond acceptors (Lipinski definition) is 7. The third kappa shape index (κ3) is 4.50. The Kier molecular flexibility index (Phi) is 6.87. The van der Waals surface area contributed by atoms with E-state index in [9.17, 15) is 9.59 Å². The largest absolute Gasteiger partial charge is 0.412 e. The van der Waals surface area contributed by atoms with E-state index in [0.717, 1.165) is 4.73 Å². The molecule has 0 radical (unpaired) electrons. The molecule has 34 heavy (non-hydrogen) atoms. The number of benzene rings is 1. The summed E-state index contributed by atoms with van der Waals surface area (Å²) >= 11 is 12.6. The van der Waals surface area contributed by atoms with Crippen molar-refractivity contribution in [1.82, 2.24) is 19.3 Å². The molecule has 0 amide bonds. The maximum absolute atomic E-state index is 13.2. The summed E-state index contributed by atoms with van der Waals surface area (Å²) < 4.78 is 2.74. The van der Waals surface area contributed by atoms with Crippen molar-refractivity contribution in [3.63, 3.8) is 0 Å². The Bertz CT molecular complexity index is 1430. The maximum Gasteiger partial charge on any atom is 0.293 e. The fourth-order valence-corrected chi connectivity index (χ4v) is 4.24. The summed E-state index contributed by atoms with van der Waals surface area (Å²) in [6.45, 7) is -0.0439. The molecule has 3 aromatic heterocycles. The fourth-order valence-electron chi connectivity index (χ4n) is 3.64. The van der Waals surface area contributed by atoms with Gasteiger partial charge in [0.25, 0.3) is 5.56 Å². The SMILES string of the molecule is COn1c(=O)c(-c2c(Cl)cccc2Cl)cc2cnc(Nc3cc(C(=O)CCCO)n(C)c3)nc21. The standard InChI is InChI=1S/C23H21Cl2N5O4/c1-29-12-14(10-18(29)19(32)7-4-8-31)27-23-26-11-13-9-15(20-16(24)5-3-6-17(20)25)22(33)30(34-2)21(13)28-23/h3,5-6,9-12,31H,4,7-8H2,1-2H3,(H,26,27,28). The van der Waals surface area contributed by atoms with Gasteiger partial charge < -0.3 is 19.8 Å². The molecule has 0 spiro atoms. The van der Waals surface area contributed by atoms with Gasteiger partial charge in [0.05, 0.1) is 27.0 Å². The normalized spacial score (nSPS) is 11.1. The molecule has 0 unspecified atom stereocenters. The molecular formula is C23H21Cl2N5O4. The number of rotatable bonds is 8. The second kappa shape index (κ2) is 9.84. The number of hydrogen-bond donors (Lipinski definition) is 2. The summed E-state index contributed by atoms with van der Waals surface area (Å²) in [6, 6.07) is 8.29. The van der Waals surface area contributed by atoms with Crippen LogP contribution in [0.25, 0.3) is 22.2 Å². The molecule has 3 heterocycles. The van der Waals surface area contributed by atoms with Gasteiger partial charge >= 0.3 is 0 Å². The number of nitrogens with zero attached hydrogens (tertiary/aromatic N) is 4. The molecule has 0 aliphatic rings. The summed E-state index contributed by atoms with van der Waals surface area (Å²) in [5.41, 5.74) is 1.50. The van der Waals surface area contributed by atoms with Crippen LogP contribution in [-0.4, -0.2) is 43.9 Å². The first-order chi connectivity index (χ1) is 16.3. The monoisotopic (exact) mass is 501 g/mol. The Balaban J connectivity index is 1.73. The van der Waals surface area contributed by atoms with Crippen LogP contribution < -0.4 is 15.7 Å². The number of aliphatic hydroxyl groups excluding tert-OH is 1. The van der Waals surface area contributed by atoms with Crippen molar-refractivity contribution in [2.45, 2.75) is 12.8 Å². The third-order valence-corrected chi connectivity index (χ3v) is 5.86. The van der Waals surface area contributed by atoms with Crippen LogP contribution in [-0.2, 0) is 7.05 Å². The number of ketones is 1. The lowest BCUT2D eigenvalue weighted by Gasteiger charge is -2.13. The minimum absolute atomic E-state index is 0.0439. The van der Waals surface area contributed by atoms with Crippen molar-refractivity contribution in [2.75, 3.05) is 19.0 Å². The summed E-state index contributed by atoms with van der Waals surface area (Å²) in [5, 5.41) is 13.2. The molecule has 9 nitrogen and oxygen atoms in total. The van der Waals surface area contributed by atoms with Crippen LogP contribution >= 0.6 is 23.2 Å². The first-order valence-corrected chi connectivity index (χ1v) is 11.1. The van der Waals surface area contributed by atoms with Gasteiger partial charge in [-0.1, -0.05) is 29.3 Å². The van der Waals surface area contributed by atoms with Crippen LogP contribution in [0.15, 0.2) is 47.5 Å². The van der Waals surface area contributed by atoms with Gasteiger partial charge in [-0.25, -0.2) is 4.98 Å². The summed E-state index contributed by atoms with van der Waals surface area (Å²) in [5.74, 6) is 0.129. The van der Waals surface area contributed by atoms with E-state index in [4.69, 9.17) is 33.1 Å². The van der Waals surface area contributed by atoms with Crippen molar-refractivity contribution < 1.29 is 14.7 Å². The molecule has 0 aliphatic heterocycles. The lowest BCUT2D eigenvalue weighted by molar-refractivity contribution is 0.0963. The number of Topliss-reactive ketones (excluding diaryl/α,β-unsaturated/α-hetero) is 1. The summed E-state index contributed by atoms with van der Waals surface area (Å²) in [7, 11) is 3.11. The van der Waals surface area contributed by atoms with Crippen molar-refractivity contribution in [3.8, 4) is 11.1 Å². The highest BCUT2D eigenvalue weighted by atomic mass is 35.5. The van der Waals surface area contributed by atoms with Gasteiger partial charge in [-0.15, -0.1) is 4.73 Å². The zero-order chi connectivity index (χ0) is 24.4. The molecule has 1 aromatic carbocycles. The van der Waals surface area contributed by atoms with Crippen LogP contribution in [0.2, 0.25) is 10.0 Å². The van der Waals surface area contributed by atoms with E-state index in [1.54, 1.807) is 54.3 Å². The lowest BCUT2D eigenvalue weighted by atomic mass is 10.1. The number of aromatic nitrogens is 4. The molecule has 0 fully saturated rings. The Morgan fingerprint density at radius 2 is 1.97 bits per heavy atom. The van der Waals surface area contributed by atoms with Gasteiger partial charge in [0.1, 0.15) is 7.11 Å². The third-order valence-electron chi connectivity index (χ3n) is 5.23. The topological polar surface area (TPSA) is 111 Å². The van der Waals surface area contributed by atoms with E-state index in [1.807, 2.05) is 0 Å². The molecule has 2 N–H and O–H groups in total. The zero-order valence-electron chi connectivity index (χ0n) is 18.4. The smallest absolute Gasteiger partial charge is 0.293 e. The number of pyridine rings is 1. The second-order valence-corrected chi connectivity index (χ2v) is 8.32. The molecule has 4 rings (SSSR count). The minimum Gasteiger partial charge on any atom is -0.412 e. The molecule has 0 saturated carbocycles. The van der Waals surface area contributed by atoms with Crippen LogP contribution in [0.3, 0.4) is 0 Å². The zero-order valence-corrected chi connectivity index (χ0v) is 19.9. The van der Waals surface area contributed by atoms with E-state index in [1.165, 1.54) is 7.11 Å². The van der Waals surface area contributed by atoms with Crippen LogP contribution in [0.1, 0.15) is 23.3 Å². The quantitative estimate of drug-likeness (QED) is 0.352. The van der Waals surface area contributed by atoms with Crippen molar-refractivity contribution in [2.24, 2.45) is 7.05 Å². The Morgan fingerprint density at radius 3 is 2.65 bits per heavy atom. The molecular weight excluding hydrogens is 481 g/mol. The number of aryl methyl sites for hydroxylation is 1. The Morgan fingerprint density at radius 1 is 1.24 bits per heavy atom. The number of fused-ring (bicyclic) bond motifs is 1. The second-order valence-electron chi connectivity index (χ2n) is 7.51. The van der Waals surface area contributed by atoms with Gasteiger partial charge in [0.15, 0.2) is 11.4 Å². The van der Waals surface area contributed by atoms with E-state index in [0.29, 0.717) is 38.8 Å². The molecule has 11 heteroatoms. The molecule has 4 aromatic rings. The fraction of sp³-hybridized carbons (Fsp3) is 0.217. The highest BCUT2D eigenvalue weighted by Crippen LogP contribution is 2.33. The lowest BCUT2D eigenvalue weighted by Crippen LogP contribution is -2.27. The van der Waals surface area contributed by atoms with Crippen molar-refractivity contribution in [3.05, 3.63) is 68.8 Å². The van der Waals surface area contributed by atoms with Crippen LogP contribution in [0.5, 0.6) is 0 Å². The van der Waals surface area contributed by atoms with Crippen LogP contribution in [0.4, 0.5) is 11.6 Å². The maximum atomic E-state index is 13.2. The highest BCUT2D eigenvalue weighted by Gasteiger charge is 2.18. The number of nitrogens with one attached hydrogen (secondary N) is 1. The molecule has 0 atom stereocenters. The number of anilines is 2. The van der Waals surface area contributed by atoms with E-state index < -0.39 is 5.56 Å². The molecule has 176 valence electrons. The molecule has 0 bridgehead atoms. The van der Waals surface area contributed by atoms with Crippen LogP contribution in [0, 0.1) is 0 Å². The van der Waals surface area contributed by atoms with Crippen molar-refractivity contribution in [1.29, 1.82) is 0 Å². The first kappa shape index (κ1) is 23.7. The van der Waals surface area contributed by atoms with Gasteiger partial charge in [-0.05, 0) is 30.7 Å². The number of halogens is 2. The van der Waals surface area contributed by atoms with E-state index in [2.05, 4.69) is 15.3 Å². The highest BCUT2D eigenvalue weighted by molar-refractivity contribution is 6.39. The predicted octanol–water partition coefficient (Wildman–Crippen LogP) is 3.86. The molecule has 0 aliphatic carbocycles. The number of carbonyl (C=O) groups excluding carboxylic acids is 1. The Labute approximate surface area is 204 Å². The average Bonchev–Trinajstić information content (AvgIpc) is 3.17. The summed E-state index contributed by atoms with van der Waals surface area (Å²) in [4.78, 5) is 39.6. The summed E-state index contributed by atoms with van der Waals surface area (Å²) in [6.07, 6.45) is 3.92. The van der Waals surface area contributed by atoms with Gasteiger partial charge in [-0.2, -0.15) is 4.98 Å². The van der Waals surface area contributed by atoms with Gasteiger partial charge in [0.2, 0.25) is 5.95 Å². The predicted molar refractivity (Wildman–Crippen MR) is 131 cm³/mol. The average molecular weight is 502 g/mol.